The molecule has 4 aromatic rings. The van der Waals surface area contributed by atoms with Gasteiger partial charge in [0.2, 0.25) is 5.91 Å². The number of carbonyl (C=O) groups excluding carboxylic acids is 1. The number of para-hydroxylation sites is 2. The number of hydrogen-bond donors (Lipinski definition) is 2. The first-order valence-corrected chi connectivity index (χ1v) is 9.74. The van der Waals surface area contributed by atoms with Crippen LogP contribution >= 0.6 is 11.8 Å². The van der Waals surface area contributed by atoms with Crippen LogP contribution in [-0.4, -0.2) is 34.1 Å². The van der Waals surface area contributed by atoms with Crippen molar-refractivity contribution in [2.24, 2.45) is 0 Å². The fraction of sp³-hybridized carbons (Fsp3) is 0.0952. The molecule has 1 heterocycles. The van der Waals surface area contributed by atoms with Gasteiger partial charge in [-0.3, -0.25) is 4.79 Å². The summed E-state index contributed by atoms with van der Waals surface area (Å²) in [4.78, 5) is 12.2. The van der Waals surface area contributed by atoms with Gasteiger partial charge < -0.3 is 19.6 Å². The zero-order valence-electron chi connectivity index (χ0n) is 15.5. The number of carbonyl (C=O) groups is 1. The van der Waals surface area contributed by atoms with Crippen molar-refractivity contribution in [3.63, 3.8) is 0 Å². The fourth-order valence-electron chi connectivity index (χ4n) is 2.84. The molecule has 1 aromatic heterocycles. The molecule has 146 valence electrons. The van der Waals surface area contributed by atoms with Crippen LogP contribution in [0.4, 0.5) is 5.69 Å². The standard InChI is InChI=1S/C21H17N3O4S/c1-27-18-9-5-4-8-16(18)22-19(26)12-29-21-24-23-20(28-21)15-10-13-6-2-3-7-14(13)11-17(15)25/h2-11,25H,12H2,1H3,(H,22,26). The van der Waals surface area contributed by atoms with E-state index in [1.54, 1.807) is 31.4 Å². The van der Waals surface area contributed by atoms with Crippen LogP contribution in [0.2, 0.25) is 0 Å². The summed E-state index contributed by atoms with van der Waals surface area (Å²) >= 11 is 1.11. The zero-order chi connectivity index (χ0) is 20.2. The lowest BCUT2D eigenvalue weighted by atomic mass is 10.1. The highest BCUT2D eigenvalue weighted by atomic mass is 32.2. The second-order valence-corrected chi connectivity index (χ2v) is 7.05. The second-order valence-electron chi connectivity index (χ2n) is 6.13. The Bertz CT molecular complexity index is 1180. The molecule has 2 N–H and O–H groups in total. The molecule has 1 amide bonds. The van der Waals surface area contributed by atoms with Gasteiger partial charge in [0.1, 0.15) is 11.5 Å². The summed E-state index contributed by atoms with van der Waals surface area (Å²) in [6.07, 6.45) is 0. The molecule has 0 radical (unpaired) electrons. The van der Waals surface area contributed by atoms with Crippen molar-refractivity contribution >= 4 is 34.1 Å². The van der Waals surface area contributed by atoms with Gasteiger partial charge in [0.25, 0.3) is 11.1 Å². The van der Waals surface area contributed by atoms with Crippen molar-refractivity contribution in [2.45, 2.75) is 5.22 Å². The van der Waals surface area contributed by atoms with E-state index in [4.69, 9.17) is 9.15 Å². The van der Waals surface area contributed by atoms with Crippen LogP contribution in [-0.2, 0) is 4.79 Å². The zero-order valence-corrected chi connectivity index (χ0v) is 16.3. The Labute approximate surface area is 170 Å². The van der Waals surface area contributed by atoms with Gasteiger partial charge in [-0.15, -0.1) is 10.2 Å². The number of methoxy groups -OCH3 is 1. The first kappa shape index (κ1) is 18.8. The average molecular weight is 407 g/mol. The number of rotatable bonds is 6. The second kappa shape index (κ2) is 8.24. The van der Waals surface area contributed by atoms with E-state index >= 15 is 0 Å². The Balaban J connectivity index is 1.44. The summed E-state index contributed by atoms with van der Waals surface area (Å²) in [5.74, 6) is 0.688. The average Bonchev–Trinajstić information content (AvgIpc) is 3.21. The third-order valence-corrected chi connectivity index (χ3v) is 5.03. The van der Waals surface area contributed by atoms with Gasteiger partial charge in [-0.1, -0.05) is 48.2 Å². The number of aromatic hydroxyl groups is 1. The Morgan fingerprint density at radius 2 is 1.83 bits per heavy atom. The molecule has 8 heteroatoms. The molecule has 0 saturated carbocycles. The number of anilines is 1. The van der Waals surface area contributed by atoms with Gasteiger partial charge in [0.05, 0.1) is 24.1 Å². The minimum atomic E-state index is -0.229. The minimum Gasteiger partial charge on any atom is -0.507 e. The normalized spacial score (nSPS) is 10.8. The number of fused-ring (bicyclic) bond motifs is 1. The van der Waals surface area contributed by atoms with E-state index in [0.717, 1.165) is 22.5 Å². The van der Waals surface area contributed by atoms with Crippen molar-refractivity contribution in [1.29, 1.82) is 0 Å². The number of phenols is 1. The van der Waals surface area contributed by atoms with E-state index in [1.165, 1.54) is 0 Å². The van der Waals surface area contributed by atoms with Gasteiger partial charge >= 0.3 is 0 Å². The first-order valence-electron chi connectivity index (χ1n) is 8.75. The monoisotopic (exact) mass is 407 g/mol. The molecule has 29 heavy (non-hydrogen) atoms. The maximum atomic E-state index is 12.2. The Kier molecular flexibility index (Phi) is 5.35. The SMILES string of the molecule is COc1ccccc1NC(=O)CSc1nnc(-c2cc3ccccc3cc2O)o1. The number of thioether (sulfide) groups is 1. The minimum absolute atomic E-state index is 0.0535. The molecular weight excluding hydrogens is 390 g/mol. The summed E-state index contributed by atoms with van der Waals surface area (Å²) in [5, 5.41) is 23.1. The van der Waals surface area contributed by atoms with E-state index in [1.807, 2.05) is 36.4 Å². The van der Waals surface area contributed by atoms with E-state index in [9.17, 15) is 9.90 Å². The van der Waals surface area contributed by atoms with Crippen molar-refractivity contribution in [2.75, 3.05) is 18.2 Å². The number of phenolic OH excluding ortho intramolecular Hbond substituents is 1. The summed E-state index contributed by atoms with van der Waals surface area (Å²) in [7, 11) is 1.54. The Morgan fingerprint density at radius 3 is 2.62 bits per heavy atom. The molecule has 0 saturated heterocycles. The predicted octanol–water partition coefficient (Wildman–Crippen LogP) is 4.33. The molecule has 0 aliphatic carbocycles. The Morgan fingerprint density at radius 1 is 1.10 bits per heavy atom. The van der Waals surface area contributed by atoms with Crippen LogP contribution in [0.3, 0.4) is 0 Å². The summed E-state index contributed by atoms with van der Waals surface area (Å²) in [6, 6.07) is 18.3. The van der Waals surface area contributed by atoms with Crippen LogP contribution in [0.15, 0.2) is 70.3 Å². The lowest BCUT2D eigenvalue weighted by Crippen LogP contribution is -2.14. The highest BCUT2D eigenvalue weighted by Crippen LogP contribution is 2.34. The summed E-state index contributed by atoms with van der Waals surface area (Å²) in [6.45, 7) is 0. The number of ether oxygens (including phenoxy) is 1. The molecule has 0 aliphatic heterocycles. The van der Waals surface area contributed by atoms with Crippen molar-refractivity contribution < 1.29 is 19.1 Å². The van der Waals surface area contributed by atoms with E-state index in [0.29, 0.717) is 17.0 Å². The number of benzene rings is 3. The molecule has 7 nitrogen and oxygen atoms in total. The van der Waals surface area contributed by atoms with E-state index in [-0.39, 0.29) is 28.5 Å². The largest absolute Gasteiger partial charge is 0.507 e. The van der Waals surface area contributed by atoms with Gasteiger partial charge in [-0.25, -0.2) is 0 Å². The number of hydrogen-bond acceptors (Lipinski definition) is 7. The summed E-state index contributed by atoms with van der Waals surface area (Å²) < 4.78 is 10.8. The van der Waals surface area contributed by atoms with E-state index in [2.05, 4.69) is 15.5 Å². The number of amides is 1. The predicted molar refractivity (Wildman–Crippen MR) is 111 cm³/mol. The van der Waals surface area contributed by atoms with Crippen LogP contribution in [0, 0.1) is 0 Å². The molecule has 0 spiro atoms. The van der Waals surface area contributed by atoms with Crippen molar-refractivity contribution in [3.05, 3.63) is 60.7 Å². The van der Waals surface area contributed by atoms with Crippen LogP contribution < -0.4 is 10.1 Å². The topological polar surface area (TPSA) is 97.5 Å². The number of nitrogens with one attached hydrogen (secondary N) is 1. The third kappa shape index (κ3) is 4.17. The van der Waals surface area contributed by atoms with Crippen molar-refractivity contribution in [1.82, 2.24) is 10.2 Å². The third-order valence-electron chi connectivity index (χ3n) is 4.21. The molecule has 0 fully saturated rings. The van der Waals surface area contributed by atoms with Gasteiger partial charge in [0, 0.05) is 0 Å². The first-order chi connectivity index (χ1) is 14.1. The molecule has 0 unspecified atom stereocenters. The molecule has 4 rings (SSSR count). The Hall–Kier alpha value is -3.52. The molecule has 0 atom stereocenters. The van der Waals surface area contributed by atoms with Gasteiger partial charge in [-0.2, -0.15) is 0 Å². The van der Waals surface area contributed by atoms with Crippen LogP contribution in [0.25, 0.3) is 22.2 Å². The number of aromatic nitrogens is 2. The van der Waals surface area contributed by atoms with E-state index < -0.39 is 0 Å². The smallest absolute Gasteiger partial charge is 0.277 e. The molecule has 0 bridgehead atoms. The lowest BCUT2D eigenvalue weighted by Gasteiger charge is -2.08. The van der Waals surface area contributed by atoms with Gasteiger partial charge in [-0.05, 0) is 35.0 Å². The number of nitrogens with zero attached hydrogens (tertiary/aromatic N) is 2. The molecule has 3 aromatic carbocycles. The molecular formula is C21H17N3O4S. The fourth-order valence-corrected chi connectivity index (χ4v) is 3.40. The van der Waals surface area contributed by atoms with Gasteiger partial charge in [0.15, 0.2) is 0 Å². The summed E-state index contributed by atoms with van der Waals surface area (Å²) in [5.41, 5.74) is 1.04. The quantitative estimate of drug-likeness (QED) is 0.459. The van der Waals surface area contributed by atoms with Crippen LogP contribution in [0.1, 0.15) is 0 Å². The maximum absolute atomic E-state index is 12.2. The highest BCUT2D eigenvalue weighted by molar-refractivity contribution is 7.99. The molecule has 0 aliphatic rings. The van der Waals surface area contributed by atoms with Crippen molar-refractivity contribution in [3.8, 4) is 23.0 Å². The van der Waals surface area contributed by atoms with Crippen LogP contribution in [0.5, 0.6) is 11.5 Å². The lowest BCUT2D eigenvalue weighted by molar-refractivity contribution is -0.113. The maximum Gasteiger partial charge on any atom is 0.277 e. The highest BCUT2D eigenvalue weighted by Gasteiger charge is 2.15.